The summed E-state index contributed by atoms with van der Waals surface area (Å²) in [5, 5.41) is 0. The minimum atomic E-state index is -3.11. The van der Waals surface area contributed by atoms with Gasteiger partial charge < -0.3 is 4.42 Å². The zero-order valence-corrected chi connectivity index (χ0v) is 12.5. The van der Waals surface area contributed by atoms with Crippen LogP contribution in [0.2, 0.25) is 0 Å². The molecule has 1 aliphatic rings. The van der Waals surface area contributed by atoms with Crippen molar-refractivity contribution in [2.45, 2.75) is 25.3 Å². The van der Waals surface area contributed by atoms with Crippen molar-refractivity contribution in [2.24, 2.45) is 4.99 Å². The summed E-state index contributed by atoms with van der Waals surface area (Å²) >= 11 is 0. The Bertz CT molecular complexity index is 944. The van der Waals surface area contributed by atoms with E-state index in [-0.39, 0.29) is 11.3 Å². The highest BCUT2D eigenvalue weighted by Gasteiger charge is 2.54. The second-order valence-electron chi connectivity index (χ2n) is 6.00. The van der Waals surface area contributed by atoms with E-state index in [1.54, 1.807) is 0 Å². The molecule has 0 bridgehead atoms. The number of para-hydroxylation sites is 2. The first-order chi connectivity index (χ1) is 10.9. The van der Waals surface area contributed by atoms with Crippen LogP contribution in [-0.4, -0.2) is 21.2 Å². The average molecular weight is 313 g/mol. The van der Waals surface area contributed by atoms with Crippen molar-refractivity contribution in [3.05, 3.63) is 59.8 Å². The summed E-state index contributed by atoms with van der Waals surface area (Å²) in [7, 11) is 0. The Morgan fingerprint density at radius 1 is 1.04 bits per heavy atom. The van der Waals surface area contributed by atoms with E-state index in [4.69, 9.17) is 4.42 Å². The molecule has 0 amide bonds. The molecule has 1 aromatic carbocycles. The molecule has 0 atom stereocenters. The normalized spacial score (nSPS) is 18.5. The number of hydrogen-bond acceptors (Lipinski definition) is 4. The molecule has 0 saturated heterocycles. The van der Waals surface area contributed by atoms with Crippen LogP contribution in [0.25, 0.3) is 11.0 Å². The van der Waals surface area contributed by atoms with Gasteiger partial charge in [-0.25, -0.2) is 4.98 Å². The Labute approximate surface area is 130 Å². The van der Waals surface area contributed by atoms with Crippen LogP contribution < -0.4 is 0 Å². The number of aliphatic imine (C=N–C) groups is 1. The molecule has 0 unspecified atom stereocenters. The standard InChI is InChI=1S/C17H13F2N3O/c1-16(2)17(18,19)10-7-8-23-15(10)14(22-16)13-9-20-11-5-3-4-6-12(11)21-13/h3-9H,1-2H3. The summed E-state index contributed by atoms with van der Waals surface area (Å²) in [6.07, 6.45) is 2.79. The number of halogens is 2. The largest absolute Gasteiger partial charge is 0.462 e. The number of benzene rings is 1. The number of fused-ring (bicyclic) bond motifs is 2. The highest BCUT2D eigenvalue weighted by molar-refractivity contribution is 6.12. The third-order valence-corrected chi connectivity index (χ3v) is 4.07. The fourth-order valence-electron chi connectivity index (χ4n) is 2.71. The second kappa shape index (κ2) is 4.44. The Hall–Kier alpha value is -2.63. The van der Waals surface area contributed by atoms with Gasteiger partial charge in [0.2, 0.25) is 0 Å². The van der Waals surface area contributed by atoms with Gasteiger partial charge in [-0.2, -0.15) is 8.78 Å². The average Bonchev–Trinajstić information content (AvgIpc) is 3.01. The van der Waals surface area contributed by atoms with Gasteiger partial charge >= 0.3 is 5.92 Å². The maximum absolute atomic E-state index is 14.5. The van der Waals surface area contributed by atoms with Crippen LogP contribution in [0.4, 0.5) is 8.78 Å². The zero-order valence-electron chi connectivity index (χ0n) is 12.5. The monoisotopic (exact) mass is 313 g/mol. The quantitative estimate of drug-likeness (QED) is 0.683. The Balaban J connectivity index is 1.95. The molecule has 6 heteroatoms. The van der Waals surface area contributed by atoms with Crippen LogP contribution in [0.5, 0.6) is 0 Å². The van der Waals surface area contributed by atoms with Crippen molar-refractivity contribution in [1.29, 1.82) is 0 Å². The van der Waals surface area contributed by atoms with Crippen LogP contribution in [0.15, 0.2) is 52.2 Å². The maximum Gasteiger partial charge on any atom is 0.301 e. The highest BCUT2D eigenvalue weighted by atomic mass is 19.3. The number of nitrogens with zero attached hydrogens (tertiary/aromatic N) is 3. The van der Waals surface area contributed by atoms with E-state index in [2.05, 4.69) is 15.0 Å². The number of aromatic nitrogens is 2. The van der Waals surface area contributed by atoms with Crippen molar-refractivity contribution in [2.75, 3.05) is 0 Å². The molecule has 4 nitrogen and oxygen atoms in total. The smallest absolute Gasteiger partial charge is 0.301 e. The molecular formula is C17H13F2N3O. The minimum Gasteiger partial charge on any atom is -0.462 e. The minimum absolute atomic E-state index is 0.0545. The molecule has 1 aliphatic heterocycles. The Morgan fingerprint density at radius 2 is 1.78 bits per heavy atom. The van der Waals surface area contributed by atoms with Crippen LogP contribution in [0, 0.1) is 0 Å². The van der Waals surface area contributed by atoms with E-state index >= 15 is 0 Å². The molecule has 0 radical (unpaired) electrons. The first-order valence-corrected chi connectivity index (χ1v) is 7.18. The second-order valence-corrected chi connectivity index (χ2v) is 6.00. The van der Waals surface area contributed by atoms with Crippen LogP contribution in [-0.2, 0) is 5.92 Å². The summed E-state index contributed by atoms with van der Waals surface area (Å²) in [6.45, 7) is 2.80. The molecule has 0 saturated carbocycles. The third-order valence-electron chi connectivity index (χ3n) is 4.07. The molecule has 0 fully saturated rings. The highest BCUT2D eigenvalue weighted by Crippen LogP contribution is 2.47. The van der Waals surface area contributed by atoms with Crippen molar-refractivity contribution in [3.63, 3.8) is 0 Å². The fraction of sp³-hybridized carbons (Fsp3) is 0.235. The van der Waals surface area contributed by atoms with Crippen molar-refractivity contribution in [1.82, 2.24) is 9.97 Å². The SMILES string of the molecule is CC1(C)N=C(c2cnc3ccccc3n2)c2occc2C1(F)F. The van der Waals surface area contributed by atoms with Crippen molar-refractivity contribution in [3.8, 4) is 0 Å². The van der Waals surface area contributed by atoms with E-state index in [0.29, 0.717) is 16.9 Å². The predicted octanol–water partition coefficient (Wildman–Crippen LogP) is 3.94. The molecule has 4 rings (SSSR count). The fourth-order valence-corrected chi connectivity index (χ4v) is 2.71. The van der Waals surface area contributed by atoms with Gasteiger partial charge in [0.25, 0.3) is 0 Å². The van der Waals surface area contributed by atoms with Gasteiger partial charge in [-0.05, 0) is 32.0 Å². The van der Waals surface area contributed by atoms with Crippen LogP contribution in [0.1, 0.15) is 30.9 Å². The van der Waals surface area contributed by atoms with Gasteiger partial charge in [0.1, 0.15) is 16.9 Å². The molecule has 3 heterocycles. The van der Waals surface area contributed by atoms with Gasteiger partial charge in [0.15, 0.2) is 5.76 Å². The Morgan fingerprint density at radius 3 is 2.57 bits per heavy atom. The molecule has 0 spiro atoms. The summed E-state index contributed by atoms with van der Waals surface area (Å²) in [4.78, 5) is 13.0. The lowest BCUT2D eigenvalue weighted by Gasteiger charge is -2.34. The van der Waals surface area contributed by atoms with E-state index in [1.165, 1.54) is 32.4 Å². The predicted molar refractivity (Wildman–Crippen MR) is 81.9 cm³/mol. The number of furan rings is 1. The third kappa shape index (κ3) is 1.91. The number of alkyl halides is 2. The molecule has 2 aromatic heterocycles. The molecule has 23 heavy (non-hydrogen) atoms. The molecular weight excluding hydrogens is 300 g/mol. The maximum atomic E-state index is 14.5. The lowest BCUT2D eigenvalue weighted by atomic mass is 9.86. The summed E-state index contributed by atoms with van der Waals surface area (Å²) in [5.41, 5.74) is 0.380. The Kier molecular flexibility index (Phi) is 2.70. The zero-order chi connectivity index (χ0) is 16.2. The summed E-state index contributed by atoms with van der Waals surface area (Å²) in [6, 6.07) is 8.66. The first-order valence-electron chi connectivity index (χ1n) is 7.18. The van der Waals surface area contributed by atoms with Gasteiger partial charge in [-0.3, -0.25) is 9.98 Å². The lowest BCUT2D eigenvalue weighted by Crippen LogP contribution is -2.43. The van der Waals surface area contributed by atoms with E-state index in [0.717, 1.165) is 5.52 Å². The van der Waals surface area contributed by atoms with E-state index in [9.17, 15) is 8.78 Å². The van der Waals surface area contributed by atoms with Crippen molar-refractivity contribution >= 4 is 16.7 Å². The topological polar surface area (TPSA) is 51.3 Å². The summed E-state index contributed by atoms with van der Waals surface area (Å²) in [5.74, 6) is -3.05. The lowest BCUT2D eigenvalue weighted by molar-refractivity contribution is -0.0689. The van der Waals surface area contributed by atoms with E-state index in [1.807, 2.05) is 24.3 Å². The summed E-state index contributed by atoms with van der Waals surface area (Å²) < 4.78 is 34.4. The van der Waals surface area contributed by atoms with Gasteiger partial charge in [-0.15, -0.1) is 0 Å². The molecule has 116 valence electrons. The first kappa shape index (κ1) is 14.0. The number of rotatable bonds is 1. The van der Waals surface area contributed by atoms with Gasteiger partial charge in [-0.1, -0.05) is 12.1 Å². The molecule has 0 N–H and O–H groups in total. The number of hydrogen-bond donors (Lipinski definition) is 0. The van der Waals surface area contributed by atoms with Crippen LogP contribution in [0.3, 0.4) is 0 Å². The van der Waals surface area contributed by atoms with Gasteiger partial charge in [0.05, 0.1) is 29.1 Å². The molecule has 0 aliphatic carbocycles. The van der Waals surface area contributed by atoms with Gasteiger partial charge in [0, 0.05) is 0 Å². The van der Waals surface area contributed by atoms with Crippen LogP contribution >= 0.6 is 0 Å². The molecule has 3 aromatic rings. The van der Waals surface area contributed by atoms with Crippen molar-refractivity contribution < 1.29 is 13.2 Å². The van der Waals surface area contributed by atoms with E-state index < -0.39 is 11.5 Å².